The van der Waals surface area contributed by atoms with E-state index >= 15 is 0 Å². The quantitative estimate of drug-likeness (QED) is 0.360. The monoisotopic (exact) mass is 388 g/mol. The first-order valence-corrected chi connectivity index (χ1v) is 9.21. The second kappa shape index (κ2) is 8.67. The van der Waals surface area contributed by atoms with Crippen LogP contribution < -0.4 is 0 Å². The lowest BCUT2D eigenvalue weighted by molar-refractivity contribution is -0.318. The maximum atomic E-state index is 10.7. The maximum absolute atomic E-state index is 10.7. The first-order valence-electron chi connectivity index (χ1n) is 9.21. The van der Waals surface area contributed by atoms with Crippen LogP contribution in [0.5, 0.6) is 0 Å². The molecule has 156 valence electrons. The Balaban J connectivity index is 2.21. The average molecular weight is 388 g/mol. The van der Waals surface area contributed by atoms with Crippen LogP contribution in [-0.4, -0.2) is 86.3 Å². The summed E-state index contributed by atoms with van der Waals surface area (Å²) in [6, 6.07) is 0. The SMILES string of the molecule is CC1=C(/C=C/[C@@H](C)O)C(C)(C)C[C@H](O[C@@H]2O[C@H](CO)[C@@H](O)[C@H](O)[C@H]2O)[C@@H]1O. The molecule has 1 fully saturated rings. The summed E-state index contributed by atoms with van der Waals surface area (Å²) in [7, 11) is 0. The van der Waals surface area contributed by atoms with Crippen LogP contribution in [0.4, 0.5) is 0 Å². The van der Waals surface area contributed by atoms with Gasteiger partial charge in [-0.1, -0.05) is 26.0 Å². The van der Waals surface area contributed by atoms with E-state index in [0.717, 1.165) is 5.57 Å². The Labute approximate surface area is 159 Å². The summed E-state index contributed by atoms with van der Waals surface area (Å²) < 4.78 is 11.2. The lowest BCUT2D eigenvalue weighted by atomic mass is 9.70. The van der Waals surface area contributed by atoms with Crippen molar-refractivity contribution in [3.8, 4) is 0 Å². The van der Waals surface area contributed by atoms with Gasteiger partial charge < -0.3 is 40.1 Å². The minimum Gasteiger partial charge on any atom is -0.394 e. The van der Waals surface area contributed by atoms with E-state index in [9.17, 15) is 30.6 Å². The summed E-state index contributed by atoms with van der Waals surface area (Å²) in [5.41, 5.74) is 1.19. The topological polar surface area (TPSA) is 140 Å². The van der Waals surface area contributed by atoms with Crippen LogP contribution in [0.1, 0.15) is 34.1 Å². The largest absolute Gasteiger partial charge is 0.394 e. The smallest absolute Gasteiger partial charge is 0.187 e. The molecule has 0 radical (unpaired) electrons. The molecule has 2 aliphatic rings. The van der Waals surface area contributed by atoms with Crippen molar-refractivity contribution in [2.45, 2.75) is 83.1 Å². The van der Waals surface area contributed by atoms with Crippen molar-refractivity contribution in [1.29, 1.82) is 0 Å². The molecule has 1 aliphatic heterocycles. The molecule has 1 heterocycles. The van der Waals surface area contributed by atoms with E-state index in [1.54, 1.807) is 26.0 Å². The molecule has 1 saturated heterocycles. The Kier molecular flexibility index (Phi) is 7.21. The van der Waals surface area contributed by atoms with E-state index in [1.807, 2.05) is 13.8 Å². The lowest BCUT2D eigenvalue weighted by Gasteiger charge is -2.45. The van der Waals surface area contributed by atoms with Gasteiger partial charge in [0.05, 0.1) is 18.8 Å². The third kappa shape index (κ3) is 4.78. The molecule has 0 spiro atoms. The van der Waals surface area contributed by atoms with Crippen LogP contribution in [0, 0.1) is 5.41 Å². The highest BCUT2D eigenvalue weighted by Crippen LogP contribution is 2.43. The van der Waals surface area contributed by atoms with Crippen LogP contribution in [0.3, 0.4) is 0 Å². The van der Waals surface area contributed by atoms with Crippen molar-refractivity contribution in [2.24, 2.45) is 5.41 Å². The minimum atomic E-state index is -1.53. The molecule has 8 nitrogen and oxygen atoms in total. The number of aliphatic hydroxyl groups is 6. The molecule has 0 unspecified atom stereocenters. The number of ether oxygens (including phenoxy) is 2. The van der Waals surface area contributed by atoms with E-state index < -0.39 is 55.6 Å². The predicted octanol–water partition coefficient (Wildman–Crippen LogP) is -0.784. The fourth-order valence-electron chi connectivity index (χ4n) is 3.76. The Morgan fingerprint density at radius 3 is 2.37 bits per heavy atom. The maximum Gasteiger partial charge on any atom is 0.187 e. The molecule has 27 heavy (non-hydrogen) atoms. The van der Waals surface area contributed by atoms with E-state index in [4.69, 9.17) is 9.47 Å². The summed E-state index contributed by atoms with van der Waals surface area (Å²) in [6.45, 7) is 6.83. The van der Waals surface area contributed by atoms with E-state index in [1.165, 1.54) is 0 Å². The van der Waals surface area contributed by atoms with Crippen LogP contribution in [0.25, 0.3) is 0 Å². The molecule has 8 heteroatoms. The Hall–Kier alpha value is -0.840. The highest BCUT2D eigenvalue weighted by atomic mass is 16.7. The molecule has 0 aromatic rings. The highest BCUT2D eigenvalue weighted by molar-refractivity contribution is 5.36. The molecule has 2 rings (SSSR count). The fraction of sp³-hybridized carbons (Fsp3) is 0.789. The van der Waals surface area contributed by atoms with Gasteiger partial charge in [0, 0.05) is 0 Å². The van der Waals surface area contributed by atoms with E-state index in [2.05, 4.69) is 0 Å². The summed E-state index contributed by atoms with van der Waals surface area (Å²) in [6.07, 6.45) is -5.32. The molecule has 8 atom stereocenters. The minimum absolute atomic E-state index is 0.381. The molecule has 0 bridgehead atoms. The van der Waals surface area contributed by atoms with Gasteiger partial charge in [-0.3, -0.25) is 0 Å². The van der Waals surface area contributed by atoms with Gasteiger partial charge in [-0.2, -0.15) is 0 Å². The predicted molar refractivity (Wildman–Crippen MR) is 96.6 cm³/mol. The molecule has 0 aromatic heterocycles. The number of hydrogen-bond acceptors (Lipinski definition) is 8. The number of aliphatic hydroxyl groups excluding tert-OH is 6. The molecular formula is C19H32O8. The number of allylic oxidation sites excluding steroid dienone is 2. The second-order valence-corrected chi connectivity index (χ2v) is 8.10. The van der Waals surface area contributed by atoms with Crippen molar-refractivity contribution in [1.82, 2.24) is 0 Å². The molecular weight excluding hydrogens is 356 g/mol. The lowest BCUT2D eigenvalue weighted by Crippen LogP contribution is -2.60. The zero-order valence-corrected chi connectivity index (χ0v) is 16.2. The fourth-order valence-corrected chi connectivity index (χ4v) is 3.76. The van der Waals surface area contributed by atoms with Crippen LogP contribution in [-0.2, 0) is 9.47 Å². The highest BCUT2D eigenvalue weighted by Gasteiger charge is 2.47. The molecule has 0 saturated carbocycles. The van der Waals surface area contributed by atoms with Crippen molar-refractivity contribution in [2.75, 3.05) is 6.61 Å². The van der Waals surface area contributed by atoms with Crippen LogP contribution in [0.15, 0.2) is 23.3 Å². The summed E-state index contributed by atoms with van der Waals surface area (Å²) in [5, 5.41) is 59.4. The van der Waals surface area contributed by atoms with Crippen LogP contribution >= 0.6 is 0 Å². The van der Waals surface area contributed by atoms with Crippen LogP contribution in [0.2, 0.25) is 0 Å². The van der Waals surface area contributed by atoms with Crippen molar-refractivity contribution in [3.63, 3.8) is 0 Å². The molecule has 0 amide bonds. The third-order valence-corrected chi connectivity index (χ3v) is 5.36. The van der Waals surface area contributed by atoms with E-state index in [0.29, 0.717) is 12.0 Å². The molecule has 0 aromatic carbocycles. The summed E-state index contributed by atoms with van der Waals surface area (Å²) in [4.78, 5) is 0. The van der Waals surface area contributed by atoms with Gasteiger partial charge in [0.1, 0.15) is 30.5 Å². The second-order valence-electron chi connectivity index (χ2n) is 8.10. The van der Waals surface area contributed by atoms with Crippen molar-refractivity contribution < 1.29 is 40.1 Å². The van der Waals surface area contributed by atoms with Gasteiger partial charge in [-0.25, -0.2) is 0 Å². The normalized spacial score (nSPS) is 41.2. The van der Waals surface area contributed by atoms with Gasteiger partial charge in [-0.05, 0) is 36.8 Å². The molecule has 6 N–H and O–H groups in total. The number of hydrogen-bond donors (Lipinski definition) is 6. The standard InChI is InChI=1S/C19H32O8/c1-9(21)5-6-11-10(2)14(22)12(7-19(11,3)4)26-18-17(25)16(24)15(23)13(8-20)27-18/h5-6,9,12-18,20-25H,7-8H2,1-4H3/b6-5+/t9-,12+,13-,14-,15-,16+,17-,18-/m1/s1. The Morgan fingerprint density at radius 1 is 1.19 bits per heavy atom. The van der Waals surface area contributed by atoms with Gasteiger partial charge >= 0.3 is 0 Å². The zero-order valence-electron chi connectivity index (χ0n) is 16.2. The summed E-state index contributed by atoms with van der Waals surface area (Å²) in [5.74, 6) is 0. The van der Waals surface area contributed by atoms with E-state index in [-0.39, 0.29) is 5.41 Å². The van der Waals surface area contributed by atoms with Crippen molar-refractivity contribution >= 4 is 0 Å². The Bertz CT molecular complexity index is 568. The first-order chi connectivity index (χ1) is 12.5. The molecule has 1 aliphatic carbocycles. The van der Waals surface area contributed by atoms with Gasteiger partial charge in [0.25, 0.3) is 0 Å². The third-order valence-electron chi connectivity index (χ3n) is 5.36. The van der Waals surface area contributed by atoms with Gasteiger partial charge in [0.15, 0.2) is 6.29 Å². The first kappa shape index (κ1) is 22.4. The van der Waals surface area contributed by atoms with Gasteiger partial charge in [0.2, 0.25) is 0 Å². The summed E-state index contributed by atoms with van der Waals surface area (Å²) >= 11 is 0. The number of rotatable bonds is 5. The van der Waals surface area contributed by atoms with Crippen molar-refractivity contribution in [3.05, 3.63) is 23.3 Å². The van der Waals surface area contributed by atoms with Gasteiger partial charge in [-0.15, -0.1) is 0 Å². The zero-order chi connectivity index (χ0) is 20.5. The Morgan fingerprint density at radius 2 is 1.81 bits per heavy atom. The average Bonchev–Trinajstić information content (AvgIpc) is 2.59.